The molecule has 1 unspecified atom stereocenters. The van der Waals surface area contributed by atoms with Crippen molar-refractivity contribution in [3.05, 3.63) is 39.6 Å². The van der Waals surface area contributed by atoms with E-state index < -0.39 is 11.8 Å². The fourth-order valence-electron chi connectivity index (χ4n) is 1.41. The number of carbonyl (C=O) groups excluding carboxylic acids is 1. The van der Waals surface area contributed by atoms with Crippen LogP contribution in [0.15, 0.2) is 28.4 Å². The number of hydrogen-bond acceptors (Lipinski definition) is 7. The van der Waals surface area contributed by atoms with Crippen molar-refractivity contribution in [2.24, 2.45) is 10.2 Å². The summed E-state index contributed by atoms with van der Waals surface area (Å²) in [5.41, 5.74) is 0.167. The van der Waals surface area contributed by atoms with Crippen LogP contribution in [-0.4, -0.2) is 21.2 Å². The lowest BCUT2D eigenvalue weighted by atomic mass is 10.1. The van der Waals surface area contributed by atoms with Crippen LogP contribution in [0.3, 0.4) is 0 Å². The number of carbonyl (C=O) groups is 1. The van der Waals surface area contributed by atoms with E-state index in [1.54, 1.807) is 13.0 Å². The Morgan fingerprint density at radius 3 is 2.81 bits per heavy atom. The second-order valence-electron chi connectivity index (χ2n) is 3.86. The summed E-state index contributed by atoms with van der Waals surface area (Å²) in [7, 11) is 0. The van der Waals surface area contributed by atoms with E-state index in [1.165, 1.54) is 18.2 Å². The van der Waals surface area contributed by atoms with E-state index in [9.17, 15) is 4.79 Å². The van der Waals surface area contributed by atoms with Crippen LogP contribution in [-0.2, 0) is 0 Å². The number of azo groups is 1. The minimum Gasteiger partial charge on any atom is -0.290 e. The molecule has 2 aromatic rings. The molecule has 0 saturated heterocycles. The average molecular weight is 340 g/mol. The summed E-state index contributed by atoms with van der Waals surface area (Å²) in [5.74, 6) is -0.00122. The molecule has 1 aromatic heterocycles. The van der Waals surface area contributed by atoms with Gasteiger partial charge in [-0.05, 0) is 25.1 Å². The van der Waals surface area contributed by atoms with Crippen LogP contribution in [0.4, 0.5) is 5.13 Å². The zero-order valence-electron chi connectivity index (χ0n) is 10.6. The number of nitriles is 1. The van der Waals surface area contributed by atoms with E-state index in [-0.39, 0.29) is 15.7 Å². The molecule has 0 fully saturated rings. The lowest BCUT2D eigenvalue weighted by molar-refractivity contribution is 0.0979. The van der Waals surface area contributed by atoms with Crippen LogP contribution in [0.25, 0.3) is 0 Å². The van der Waals surface area contributed by atoms with Crippen LogP contribution < -0.4 is 0 Å². The summed E-state index contributed by atoms with van der Waals surface area (Å²) in [5, 5.41) is 17.3. The third-order valence-corrected chi connectivity index (χ3v) is 3.58. The molecule has 0 radical (unpaired) electrons. The zero-order chi connectivity index (χ0) is 15.4. The highest BCUT2D eigenvalue weighted by atomic mass is 35.5. The van der Waals surface area contributed by atoms with Gasteiger partial charge in [0.25, 0.3) is 0 Å². The second-order valence-corrected chi connectivity index (χ2v) is 5.43. The molecule has 21 heavy (non-hydrogen) atoms. The van der Waals surface area contributed by atoms with Gasteiger partial charge in [-0.25, -0.2) is 4.98 Å². The lowest BCUT2D eigenvalue weighted by Gasteiger charge is -2.04. The van der Waals surface area contributed by atoms with Gasteiger partial charge in [-0.2, -0.15) is 14.7 Å². The van der Waals surface area contributed by atoms with E-state index >= 15 is 0 Å². The third-order valence-electron chi connectivity index (χ3n) is 2.34. The number of aromatic nitrogens is 2. The number of ketones is 1. The van der Waals surface area contributed by atoms with Gasteiger partial charge in [-0.15, -0.1) is 5.11 Å². The fourth-order valence-corrected chi connectivity index (χ4v) is 2.42. The molecule has 0 amide bonds. The molecule has 0 aliphatic carbocycles. The summed E-state index contributed by atoms with van der Waals surface area (Å²) in [6.07, 6.45) is 0. The van der Waals surface area contributed by atoms with Crippen LogP contribution in [0, 0.1) is 18.3 Å². The maximum Gasteiger partial charge on any atom is 0.249 e. The lowest BCUT2D eigenvalue weighted by Crippen LogP contribution is -2.16. The summed E-state index contributed by atoms with van der Waals surface area (Å²) >= 11 is 12.7. The molecule has 1 aromatic carbocycles. The van der Waals surface area contributed by atoms with Gasteiger partial charge in [0.2, 0.25) is 17.0 Å². The first kappa shape index (κ1) is 15.5. The van der Waals surface area contributed by atoms with Gasteiger partial charge in [0.05, 0.1) is 11.1 Å². The molecular weight excluding hydrogens is 333 g/mol. The number of halogens is 2. The van der Waals surface area contributed by atoms with Crippen molar-refractivity contribution in [2.45, 2.75) is 13.0 Å². The molecule has 2 rings (SSSR count). The van der Waals surface area contributed by atoms with E-state index in [1.807, 2.05) is 0 Å². The second kappa shape index (κ2) is 6.72. The first-order valence-corrected chi connectivity index (χ1v) is 7.14. The number of Topliss-reactive ketones (excluding diaryl/α,β-unsaturated/α-hetero) is 1. The summed E-state index contributed by atoms with van der Waals surface area (Å²) in [4.78, 5) is 16.2. The van der Waals surface area contributed by atoms with E-state index in [2.05, 4.69) is 19.6 Å². The first-order chi connectivity index (χ1) is 10.0. The average Bonchev–Trinajstić information content (AvgIpc) is 2.85. The molecule has 106 valence electrons. The van der Waals surface area contributed by atoms with Gasteiger partial charge in [0.15, 0.2) is 0 Å². The van der Waals surface area contributed by atoms with Crippen LogP contribution in [0.5, 0.6) is 0 Å². The predicted molar refractivity (Wildman–Crippen MR) is 79.4 cm³/mol. The molecule has 9 heteroatoms. The van der Waals surface area contributed by atoms with Gasteiger partial charge < -0.3 is 0 Å². The maximum atomic E-state index is 12.2. The molecule has 6 nitrogen and oxygen atoms in total. The van der Waals surface area contributed by atoms with E-state index in [0.29, 0.717) is 10.8 Å². The number of benzene rings is 1. The normalized spacial score (nSPS) is 12.3. The Balaban J connectivity index is 2.23. The standard InChI is InChI=1S/C12H7Cl2N5OS/c1-6-16-12(21-19-6)18-17-10(5-15)11(20)8-3-2-7(13)4-9(8)14/h2-4,10H,1H3. The highest BCUT2D eigenvalue weighted by Crippen LogP contribution is 2.23. The number of nitrogens with zero attached hydrogens (tertiary/aromatic N) is 5. The maximum absolute atomic E-state index is 12.2. The Morgan fingerprint density at radius 1 is 1.48 bits per heavy atom. The zero-order valence-corrected chi connectivity index (χ0v) is 12.9. The Hall–Kier alpha value is -1.88. The van der Waals surface area contributed by atoms with Gasteiger partial charge in [-0.1, -0.05) is 23.2 Å². The largest absolute Gasteiger partial charge is 0.290 e. The highest BCUT2D eigenvalue weighted by molar-refractivity contribution is 7.09. The molecule has 1 atom stereocenters. The van der Waals surface area contributed by atoms with Crippen LogP contribution in [0.1, 0.15) is 16.2 Å². The minimum absolute atomic E-state index is 0.162. The first-order valence-electron chi connectivity index (χ1n) is 5.61. The number of rotatable bonds is 4. The Kier molecular flexibility index (Phi) is 4.96. The van der Waals surface area contributed by atoms with Crippen molar-refractivity contribution in [2.75, 3.05) is 0 Å². The molecular formula is C12H7Cl2N5OS. The van der Waals surface area contributed by atoms with Crippen LogP contribution >= 0.6 is 34.7 Å². The summed E-state index contributed by atoms with van der Waals surface area (Å²) in [6.45, 7) is 1.70. The Labute approximate surface area is 134 Å². The molecule has 0 saturated carbocycles. The van der Waals surface area contributed by atoms with Crippen molar-refractivity contribution in [3.8, 4) is 6.07 Å². The molecule has 0 spiro atoms. The van der Waals surface area contributed by atoms with E-state index in [0.717, 1.165) is 11.5 Å². The van der Waals surface area contributed by atoms with Gasteiger partial charge in [0, 0.05) is 22.1 Å². The van der Waals surface area contributed by atoms with Crippen molar-refractivity contribution >= 4 is 45.6 Å². The highest BCUT2D eigenvalue weighted by Gasteiger charge is 2.22. The molecule has 0 aliphatic heterocycles. The van der Waals surface area contributed by atoms with Crippen molar-refractivity contribution < 1.29 is 4.79 Å². The van der Waals surface area contributed by atoms with Gasteiger partial charge >= 0.3 is 0 Å². The van der Waals surface area contributed by atoms with E-state index in [4.69, 9.17) is 28.5 Å². The predicted octanol–water partition coefficient (Wildman–Crippen LogP) is 4.01. The topological polar surface area (TPSA) is 91.4 Å². The van der Waals surface area contributed by atoms with Crippen molar-refractivity contribution in [3.63, 3.8) is 0 Å². The molecule has 0 aliphatic rings. The molecule has 0 bridgehead atoms. The Morgan fingerprint density at radius 2 is 2.24 bits per heavy atom. The third kappa shape index (κ3) is 3.82. The summed E-state index contributed by atoms with van der Waals surface area (Å²) < 4.78 is 3.92. The minimum atomic E-state index is -1.30. The van der Waals surface area contributed by atoms with Gasteiger partial charge in [-0.3, -0.25) is 4.79 Å². The number of hydrogen-bond donors (Lipinski definition) is 0. The number of aryl methyl sites for hydroxylation is 1. The monoisotopic (exact) mass is 339 g/mol. The summed E-state index contributed by atoms with van der Waals surface area (Å²) in [6, 6.07) is 4.86. The van der Waals surface area contributed by atoms with Gasteiger partial charge in [0.1, 0.15) is 5.82 Å². The van der Waals surface area contributed by atoms with Crippen LogP contribution in [0.2, 0.25) is 10.0 Å². The fraction of sp³-hybridized carbons (Fsp3) is 0.167. The quantitative estimate of drug-likeness (QED) is 0.621. The molecule has 1 heterocycles. The van der Waals surface area contributed by atoms with Crippen molar-refractivity contribution in [1.29, 1.82) is 5.26 Å². The molecule has 0 N–H and O–H groups in total. The smallest absolute Gasteiger partial charge is 0.249 e. The van der Waals surface area contributed by atoms with Crippen molar-refractivity contribution in [1.82, 2.24) is 9.36 Å². The Bertz CT molecular complexity index is 752. The SMILES string of the molecule is Cc1nsc(N=NC(C#N)C(=O)c2ccc(Cl)cc2Cl)n1.